The van der Waals surface area contributed by atoms with E-state index in [1.54, 1.807) is 6.07 Å². The first kappa shape index (κ1) is 19.6. The number of hydrogen-bond donors (Lipinski definition) is 1. The summed E-state index contributed by atoms with van der Waals surface area (Å²) in [5.41, 5.74) is 0.557. The topological polar surface area (TPSA) is 112 Å². The second kappa shape index (κ2) is 8.69. The Balaban J connectivity index is 1.53. The molecule has 28 heavy (non-hydrogen) atoms. The molecule has 0 saturated heterocycles. The summed E-state index contributed by atoms with van der Waals surface area (Å²) in [5, 5.41) is 13.6. The molecule has 0 bridgehead atoms. The van der Waals surface area contributed by atoms with Crippen LogP contribution in [-0.2, 0) is 9.53 Å². The van der Waals surface area contributed by atoms with Crippen LogP contribution < -0.4 is 5.32 Å². The van der Waals surface area contributed by atoms with Gasteiger partial charge < -0.3 is 14.5 Å². The minimum absolute atomic E-state index is 0.0340. The van der Waals surface area contributed by atoms with Crippen LogP contribution in [0.4, 0.5) is 5.69 Å². The average Bonchev–Trinajstić information content (AvgIpc) is 3.18. The number of benzene rings is 1. The fourth-order valence-electron chi connectivity index (χ4n) is 3.33. The van der Waals surface area contributed by atoms with Gasteiger partial charge in [0.05, 0.1) is 4.92 Å². The van der Waals surface area contributed by atoms with Crippen LogP contribution in [0.2, 0.25) is 0 Å². The number of esters is 1. The molecular formula is C20H22N2O6. The van der Waals surface area contributed by atoms with Gasteiger partial charge in [-0.2, -0.15) is 0 Å². The van der Waals surface area contributed by atoms with Gasteiger partial charge in [0.2, 0.25) is 5.76 Å². The van der Waals surface area contributed by atoms with Crippen molar-refractivity contribution >= 4 is 17.6 Å². The number of hydrogen-bond acceptors (Lipinski definition) is 6. The SMILES string of the molecule is C[C@@H]1CCCC[C@H]1NC(=O)COC(=O)c1ccc(-c2ccc([N+](=O)[O-])cc2)o1. The molecule has 1 saturated carbocycles. The van der Waals surface area contributed by atoms with Crippen molar-refractivity contribution in [3.8, 4) is 11.3 Å². The van der Waals surface area contributed by atoms with Gasteiger partial charge in [0.25, 0.3) is 11.6 Å². The molecule has 0 radical (unpaired) electrons. The van der Waals surface area contributed by atoms with Crippen LogP contribution in [0, 0.1) is 16.0 Å². The number of non-ortho nitro benzene ring substituents is 1. The van der Waals surface area contributed by atoms with Crippen LogP contribution in [0.25, 0.3) is 11.3 Å². The summed E-state index contributed by atoms with van der Waals surface area (Å²) < 4.78 is 10.5. The van der Waals surface area contributed by atoms with Crippen LogP contribution >= 0.6 is 0 Å². The molecular weight excluding hydrogens is 364 g/mol. The highest BCUT2D eigenvalue weighted by molar-refractivity contribution is 5.89. The van der Waals surface area contributed by atoms with Gasteiger partial charge in [-0.25, -0.2) is 4.79 Å². The Labute approximate surface area is 162 Å². The zero-order valence-corrected chi connectivity index (χ0v) is 15.6. The first-order valence-corrected chi connectivity index (χ1v) is 9.25. The second-order valence-electron chi connectivity index (χ2n) is 6.98. The van der Waals surface area contributed by atoms with Crippen molar-refractivity contribution in [2.24, 2.45) is 5.92 Å². The van der Waals surface area contributed by atoms with Gasteiger partial charge in [-0.1, -0.05) is 19.8 Å². The van der Waals surface area contributed by atoms with E-state index in [0.29, 0.717) is 17.2 Å². The van der Waals surface area contributed by atoms with E-state index in [1.807, 2.05) is 0 Å². The lowest BCUT2D eigenvalue weighted by molar-refractivity contribution is -0.384. The van der Waals surface area contributed by atoms with Crippen molar-refractivity contribution < 1.29 is 23.7 Å². The lowest BCUT2D eigenvalue weighted by Gasteiger charge is -2.29. The standard InChI is InChI=1S/C20H22N2O6/c1-13-4-2-3-5-16(13)21-19(23)12-27-20(24)18-11-10-17(28-18)14-6-8-15(9-7-14)22(25)26/h6-11,13,16H,2-5,12H2,1H3,(H,21,23)/t13-,16-/m1/s1. The number of rotatable bonds is 6. The first-order chi connectivity index (χ1) is 13.4. The van der Waals surface area contributed by atoms with E-state index in [4.69, 9.17) is 9.15 Å². The summed E-state index contributed by atoms with van der Waals surface area (Å²) in [4.78, 5) is 34.3. The van der Waals surface area contributed by atoms with Gasteiger partial charge in [-0.15, -0.1) is 0 Å². The van der Waals surface area contributed by atoms with Gasteiger partial charge in [0.1, 0.15) is 5.76 Å². The molecule has 0 aliphatic heterocycles. The highest BCUT2D eigenvalue weighted by atomic mass is 16.6. The van der Waals surface area contributed by atoms with Gasteiger partial charge >= 0.3 is 5.97 Å². The average molecular weight is 386 g/mol. The van der Waals surface area contributed by atoms with E-state index < -0.39 is 10.9 Å². The van der Waals surface area contributed by atoms with E-state index in [9.17, 15) is 19.7 Å². The molecule has 8 nitrogen and oxygen atoms in total. The highest BCUT2D eigenvalue weighted by Crippen LogP contribution is 2.25. The molecule has 8 heteroatoms. The maximum absolute atomic E-state index is 12.1. The first-order valence-electron chi connectivity index (χ1n) is 9.25. The minimum Gasteiger partial charge on any atom is -0.450 e. The normalized spacial score (nSPS) is 19.0. The molecule has 0 spiro atoms. The van der Waals surface area contributed by atoms with Crippen molar-refractivity contribution in [3.63, 3.8) is 0 Å². The summed E-state index contributed by atoms with van der Waals surface area (Å²) in [7, 11) is 0. The number of furan rings is 1. The number of nitro groups is 1. The van der Waals surface area contributed by atoms with E-state index in [0.717, 1.165) is 19.3 Å². The third-order valence-corrected chi connectivity index (χ3v) is 4.96. The summed E-state index contributed by atoms with van der Waals surface area (Å²) in [6.45, 7) is 1.74. The number of nitro benzene ring substituents is 1. The Kier molecular flexibility index (Phi) is 6.08. The fourth-order valence-corrected chi connectivity index (χ4v) is 3.33. The smallest absolute Gasteiger partial charge is 0.374 e. The lowest BCUT2D eigenvalue weighted by Crippen LogP contribution is -2.42. The van der Waals surface area contributed by atoms with Crippen molar-refractivity contribution in [2.45, 2.75) is 38.6 Å². The predicted octanol–water partition coefficient (Wildman–Crippen LogP) is 3.71. The molecule has 2 atom stereocenters. The second-order valence-corrected chi connectivity index (χ2v) is 6.98. The molecule has 1 aliphatic carbocycles. The summed E-state index contributed by atoms with van der Waals surface area (Å²) >= 11 is 0. The van der Waals surface area contributed by atoms with Crippen molar-refractivity contribution in [3.05, 3.63) is 52.3 Å². The summed E-state index contributed by atoms with van der Waals surface area (Å²) in [5.74, 6) is -0.300. The van der Waals surface area contributed by atoms with Gasteiger partial charge in [0.15, 0.2) is 6.61 Å². The zero-order chi connectivity index (χ0) is 20.1. The molecule has 1 aromatic heterocycles. The Morgan fingerprint density at radius 3 is 2.57 bits per heavy atom. The molecule has 1 aliphatic rings. The van der Waals surface area contributed by atoms with Crippen LogP contribution in [0.3, 0.4) is 0 Å². The number of amides is 1. The molecule has 1 heterocycles. The van der Waals surface area contributed by atoms with Crippen LogP contribution in [0.1, 0.15) is 43.2 Å². The van der Waals surface area contributed by atoms with Gasteiger partial charge in [0, 0.05) is 23.7 Å². The minimum atomic E-state index is -0.736. The number of nitrogens with one attached hydrogen (secondary N) is 1. The van der Waals surface area contributed by atoms with Crippen molar-refractivity contribution in [1.82, 2.24) is 5.32 Å². The molecule has 1 aromatic carbocycles. The third-order valence-electron chi connectivity index (χ3n) is 4.96. The maximum Gasteiger partial charge on any atom is 0.374 e. The van der Waals surface area contributed by atoms with Crippen LogP contribution in [-0.4, -0.2) is 29.4 Å². The highest BCUT2D eigenvalue weighted by Gasteiger charge is 2.23. The lowest BCUT2D eigenvalue weighted by atomic mass is 9.86. The molecule has 3 rings (SSSR count). The molecule has 2 aromatic rings. The Morgan fingerprint density at radius 2 is 1.89 bits per heavy atom. The van der Waals surface area contributed by atoms with E-state index in [-0.39, 0.29) is 30.0 Å². The van der Waals surface area contributed by atoms with Crippen LogP contribution in [0.5, 0.6) is 0 Å². The van der Waals surface area contributed by atoms with Crippen molar-refractivity contribution in [1.29, 1.82) is 0 Å². The molecule has 1 amide bonds. The zero-order valence-electron chi connectivity index (χ0n) is 15.6. The van der Waals surface area contributed by atoms with Gasteiger partial charge in [-0.05, 0) is 43.0 Å². The summed E-state index contributed by atoms with van der Waals surface area (Å²) in [6, 6.07) is 8.91. The largest absolute Gasteiger partial charge is 0.450 e. The Bertz CT molecular complexity index is 858. The molecule has 148 valence electrons. The van der Waals surface area contributed by atoms with Gasteiger partial charge in [-0.3, -0.25) is 14.9 Å². The molecule has 1 N–H and O–H groups in total. The number of carbonyl (C=O) groups is 2. The number of carbonyl (C=O) groups excluding carboxylic acids is 2. The third kappa shape index (κ3) is 4.76. The van der Waals surface area contributed by atoms with Crippen LogP contribution in [0.15, 0.2) is 40.8 Å². The number of ether oxygens (including phenoxy) is 1. The Morgan fingerprint density at radius 1 is 1.18 bits per heavy atom. The number of nitrogens with zero attached hydrogens (tertiary/aromatic N) is 1. The van der Waals surface area contributed by atoms with E-state index in [1.165, 1.54) is 36.8 Å². The Hall–Kier alpha value is -3.16. The molecule has 0 unspecified atom stereocenters. The maximum atomic E-state index is 12.1. The predicted molar refractivity (Wildman–Crippen MR) is 101 cm³/mol. The quantitative estimate of drug-likeness (QED) is 0.460. The summed E-state index contributed by atoms with van der Waals surface area (Å²) in [6.07, 6.45) is 4.30. The van der Waals surface area contributed by atoms with E-state index in [2.05, 4.69) is 12.2 Å². The molecule has 1 fully saturated rings. The van der Waals surface area contributed by atoms with Crippen molar-refractivity contribution in [2.75, 3.05) is 6.61 Å². The monoisotopic (exact) mass is 386 g/mol. The van der Waals surface area contributed by atoms with E-state index >= 15 is 0 Å². The fraction of sp³-hybridized carbons (Fsp3) is 0.400.